The molecular weight excluding hydrogens is 257 g/mol. The van der Waals surface area contributed by atoms with Crippen molar-refractivity contribution < 1.29 is 17.6 Å². The second kappa shape index (κ2) is 5.77. The van der Waals surface area contributed by atoms with Gasteiger partial charge in [0, 0.05) is 0 Å². The molecule has 0 atom stereocenters. The van der Waals surface area contributed by atoms with Gasteiger partial charge in [-0.15, -0.1) is 0 Å². The van der Waals surface area contributed by atoms with Crippen molar-refractivity contribution in [3.63, 3.8) is 0 Å². The largest absolute Gasteiger partial charge is 0.287 e. The average Bonchev–Trinajstić information content (AvgIpc) is 2.13. The molecule has 1 N–H and O–H groups in total. The summed E-state index contributed by atoms with van der Waals surface area (Å²) < 4.78 is 37.1. The van der Waals surface area contributed by atoms with E-state index >= 15 is 0 Å². The van der Waals surface area contributed by atoms with E-state index in [0.717, 1.165) is 0 Å². The minimum absolute atomic E-state index is 0.0626. The highest BCUT2D eigenvalue weighted by atomic mass is 32.2. The molecule has 0 saturated carbocycles. The van der Waals surface area contributed by atoms with Crippen molar-refractivity contribution in [2.75, 3.05) is 6.61 Å². The summed E-state index contributed by atoms with van der Waals surface area (Å²) in [5.41, 5.74) is 0.710. The predicted octanol–water partition coefficient (Wildman–Crippen LogP) is 2.31. The van der Waals surface area contributed by atoms with Gasteiger partial charge in [0.25, 0.3) is 10.0 Å². The number of hydrogen-bond acceptors (Lipinski definition) is 3. The summed E-state index contributed by atoms with van der Waals surface area (Å²) in [6.07, 6.45) is 0. The number of sulfonamides is 1. The fraction of sp³-hybridized carbons (Fsp3) is 0.500. The zero-order chi connectivity index (χ0) is 13.9. The topological polar surface area (TPSA) is 55.4 Å². The van der Waals surface area contributed by atoms with E-state index in [-0.39, 0.29) is 17.4 Å². The summed E-state index contributed by atoms with van der Waals surface area (Å²) >= 11 is 0. The third kappa shape index (κ3) is 3.76. The Morgan fingerprint density at radius 2 is 1.78 bits per heavy atom. The Morgan fingerprint density at radius 3 is 2.22 bits per heavy atom. The first-order chi connectivity index (χ1) is 8.24. The van der Waals surface area contributed by atoms with Gasteiger partial charge in [0.05, 0.1) is 11.5 Å². The average molecular weight is 275 g/mol. The van der Waals surface area contributed by atoms with E-state index in [1.165, 1.54) is 12.1 Å². The van der Waals surface area contributed by atoms with Crippen LogP contribution in [0.3, 0.4) is 0 Å². The van der Waals surface area contributed by atoms with Crippen LogP contribution in [0, 0.1) is 25.6 Å². The molecule has 4 nitrogen and oxygen atoms in total. The Balaban J connectivity index is 2.99. The molecule has 0 aliphatic rings. The number of hydrogen-bond donors (Lipinski definition) is 1. The molecule has 6 heteroatoms. The van der Waals surface area contributed by atoms with E-state index in [4.69, 9.17) is 4.84 Å². The molecule has 0 heterocycles. The van der Waals surface area contributed by atoms with Gasteiger partial charge in [-0.3, -0.25) is 4.84 Å². The highest BCUT2D eigenvalue weighted by molar-refractivity contribution is 7.89. The van der Waals surface area contributed by atoms with Gasteiger partial charge in [-0.25, -0.2) is 12.8 Å². The van der Waals surface area contributed by atoms with Crippen LogP contribution in [0.5, 0.6) is 0 Å². The van der Waals surface area contributed by atoms with Gasteiger partial charge in [-0.2, -0.15) is 0 Å². The lowest BCUT2D eigenvalue weighted by Crippen LogP contribution is -2.27. The van der Waals surface area contributed by atoms with Crippen LogP contribution in [0.4, 0.5) is 4.39 Å². The number of benzene rings is 1. The molecule has 0 bridgehead atoms. The predicted molar refractivity (Wildman–Crippen MR) is 67.0 cm³/mol. The summed E-state index contributed by atoms with van der Waals surface area (Å²) in [6, 6.07) is 2.37. The van der Waals surface area contributed by atoms with Crippen LogP contribution in [0.25, 0.3) is 0 Å². The summed E-state index contributed by atoms with van der Waals surface area (Å²) in [4.78, 5) is 7.04. The first kappa shape index (κ1) is 15.1. The van der Waals surface area contributed by atoms with Gasteiger partial charge >= 0.3 is 0 Å². The molecule has 0 radical (unpaired) electrons. The third-order valence-electron chi connectivity index (χ3n) is 2.28. The van der Waals surface area contributed by atoms with Crippen LogP contribution in [-0.4, -0.2) is 15.0 Å². The number of aryl methyl sites for hydroxylation is 2. The summed E-state index contributed by atoms with van der Waals surface area (Å²) in [5, 5.41) is 0. The third-order valence-corrected chi connectivity index (χ3v) is 3.80. The quantitative estimate of drug-likeness (QED) is 0.839. The van der Waals surface area contributed by atoms with Crippen molar-refractivity contribution >= 4 is 10.0 Å². The molecule has 1 aromatic rings. The van der Waals surface area contributed by atoms with Crippen molar-refractivity contribution in [1.29, 1.82) is 0 Å². The molecule has 1 rings (SSSR count). The van der Waals surface area contributed by atoms with Gasteiger partial charge in [-0.1, -0.05) is 18.7 Å². The molecule has 0 aliphatic carbocycles. The number of halogens is 1. The molecule has 0 aliphatic heterocycles. The van der Waals surface area contributed by atoms with Crippen LogP contribution in [0.1, 0.15) is 25.0 Å². The van der Waals surface area contributed by atoms with Crippen molar-refractivity contribution in [2.45, 2.75) is 32.6 Å². The van der Waals surface area contributed by atoms with E-state index < -0.39 is 15.8 Å². The molecule has 1 aromatic carbocycles. The molecular formula is C12H18FNO3S. The van der Waals surface area contributed by atoms with Gasteiger partial charge in [-0.05, 0) is 43.0 Å². The van der Waals surface area contributed by atoms with Gasteiger partial charge in [0.15, 0.2) is 0 Å². The fourth-order valence-electron chi connectivity index (χ4n) is 1.64. The maximum atomic E-state index is 13.1. The Hall–Kier alpha value is -0.980. The number of rotatable bonds is 5. The second-order valence-electron chi connectivity index (χ2n) is 4.66. The zero-order valence-electron chi connectivity index (χ0n) is 11.0. The standard InChI is InChI=1S/C12H18FNO3S/c1-8(2)7-17-14-18(15,16)12-9(3)5-11(13)6-10(12)4/h5-6,8,14H,7H2,1-4H3. The maximum Gasteiger partial charge on any atom is 0.262 e. The molecule has 0 amide bonds. The van der Waals surface area contributed by atoms with Gasteiger partial charge in [0.1, 0.15) is 5.82 Å². The normalized spacial score (nSPS) is 12.1. The van der Waals surface area contributed by atoms with Crippen molar-refractivity contribution in [3.8, 4) is 0 Å². The van der Waals surface area contributed by atoms with Crippen LogP contribution in [-0.2, 0) is 14.9 Å². The lowest BCUT2D eigenvalue weighted by atomic mass is 10.1. The maximum absolute atomic E-state index is 13.1. The van der Waals surface area contributed by atoms with Crippen LogP contribution < -0.4 is 4.89 Å². The van der Waals surface area contributed by atoms with Gasteiger partial charge < -0.3 is 0 Å². The smallest absolute Gasteiger partial charge is 0.262 e. The summed E-state index contributed by atoms with van der Waals surface area (Å²) in [7, 11) is -3.77. The van der Waals surface area contributed by atoms with E-state index in [0.29, 0.717) is 11.1 Å². The summed E-state index contributed by atoms with van der Waals surface area (Å²) in [5.74, 6) is -0.241. The Bertz CT molecular complexity index is 503. The van der Waals surface area contributed by atoms with Crippen molar-refractivity contribution in [2.24, 2.45) is 5.92 Å². The first-order valence-corrected chi connectivity index (χ1v) is 7.12. The van der Waals surface area contributed by atoms with E-state index in [9.17, 15) is 12.8 Å². The molecule has 18 heavy (non-hydrogen) atoms. The molecule has 0 unspecified atom stereocenters. The lowest BCUT2D eigenvalue weighted by molar-refractivity contribution is 0.0718. The van der Waals surface area contributed by atoms with E-state index in [1.807, 2.05) is 13.8 Å². The molecule has 0 spiro atoms. The Kier molecular flexibility index (Phi) is 4.84. The Morgan fingerprint density at radius 1 is 1.28 bits per heavy atom. The summed E-state index contributed by atoms with van der Waals surface area (Å²) in [6.45, 7) is 7.18. The molecule has 0 saturated heterocycles. The fourth-order valence-corrected chi connectivity index (χ4v) is 2.91. The van der Waals surface area contributed by atoms with Gasteiger partial charge in [0.2, 0.25) is 0 Å². The van der Waals surface area contributed by atoms with Crippen molar-refractivity contribution in [1.82, 2.24) is 4.89 Å². The zero-order valence-corrected chi connectivity index (χ0v) is 11.8. The monoisotopic (exact) mass is 275 g/mol. The lowest BCUT2D eigenvalue weighted by Gasteiger charge is -2.13. The highest BCUT2D eigenvalue weighted by Gasteiger charge is 2.20. The van der Waals surface area contributed by atoms with Crippen LogP contribution >= 0.6 is 0 Å². The van der Waals surface area contributed by atoms with Crippen LogP contribution in [0.15, 0.2) is 17.0 Å². The van der Waals surface area contributed by atoms with Crippen LogP contribution in [0.2, 0.25) is 0 Å². The SMILES string of the molecule is Cc1cc(F)cc(C)c1S(=O)(=O)NOCC(C)C. The molecule has 0 fully saturated rings. The Labute approximate surface area is 107 Å². The second-order valence-corrected chi connectivity index (χ2v) is 6.24. The molecule has 0 aromatic heterocycles. The minimum atomic E-state index is -3.77. The van der Waals surface area contributed by atoms with E-state index in [2.05, 4.69) is 4.89 Å². The minimum Gasteiger partial charge on any atom is -0.287 e. The molecule has 102 valence electrons. The van der Waals surface area contributed by atoms with E-state index in [1.54, 1.807) is 13.8 Å². The first-order valence-electron chi connectivity index (χ1n) is 5.64. The van der Waals surface area contributed by atoms with Crippen molar-refractivity contribution in [3.05, 3.63) is 29.1 Å². The highest BCUT2D eigenvalue weighted by Crippen LogP contribution is 2.21. The number of nitrogens with one attached hydrogen (secondary N) is 1.